The summed E-state index contributed by atoms with van der Waals surface area (Å²) in [7, 11) is 0. The molecule has 0 amide bonds. The molecular formula is C11H20O4S. The second-order valence-corrected chi connectivity index (χ2v) is 6.10. The van der Waals surface area contributed by atoms with Gasteiger partial charge >= 0.3 is 0 Å². The molecule has 0 saturated carbocycles. The van der Waals surface area contributed by atoms with E-state index < -0.39 is 11.9 Å². The molecular weight excluding hydrogens is 228 g/mol. The van der Waals surface area contributed by atoms with Gasteiger partial charge in [0.25, 0.3) is 0 Å². The molecule has 0 spiro atoms. The Morgan fingerprint density at radius 2 is 1.88 bits per heavy atom. The minimum atomic E-state index is -0.625. The van der Waals surface area contributed by atoms with E-state index in [9.17, 15) is 5.11 Å². The molecule has 16 heavy (non-hydrogen) atoms. The van der Waals surface area contributed by atoms with E-state index >= 15 is 0 Å². The Morgan fingerprint density at radius 1 is 1.25 bits per heavy atom. The van der Waals surface area contributed by atoms with Crippen LogP contribution >= 0.6 is 11.8 Å². The molecule has 2 aliphatic heterocycles. The molecule has 0 aliphatic carbocycles. The van der Waals surface area contributed by atoms with Gasteiger partial charge in [-0.15, -0.1) is 11.8 Å². The van der Waals surface area contributed by atoms with Gasteiger partial charge in [-0.3, -0.25) is 0 Å². The fourth-order valence-electron chi connectivity index (χ4n) is 2.27. The van der Waals surface area contributed by atoms with Crippen molar-refractivity contribution in [2.75, 3.05) is 5.75 Å². The van der Waals surface area contributed by atoms with Gasteiger partial charge in [0.2, 0.25) is 0 Å². The normalized spacial score (nSPS) is 46.7. The van der Waals surface area contributed by atoms with Crippen LogP contribution in [0.25, 0.3) is 0 Å². The van der Waals surface area contributed by atoms with Gasteiger partial charge in [-0.1, -0.05) is 6.92 Å². The quantitative estimate of drug-likeness (QED) is 0.799. The zero-order chi connectivity index (χ0) is 11.9. The average Bonchev–Trinajstić information content (AvgIpc) is 2.51. The monoisotopic (exact) mass is 248 g/mol. The molecule has 2 aliphatic rings. The van der Waals surface area contributed by atoms with Crippen LogP contribution in [0.2, 0.25) is 0 Å². The SMILES string of the molecule is CCS[C@H]1OC(C)[C@H]2OC(C)(C)OC2[C@@H]1O. The number of thioether (sulfide) groups is 1. The summed E-state index contributed by atoms with van der Waals surface area (Å²) in [4.78, 5) is 0. The van der Waals surface area contributed by atoms with E-state index in [-0.39, 0.29) is 23.7 Å². The van der Waals surface area contributed by atoms with Crippen LogP contribution in [0.5, 0.6) is 0 Å². The number of aliphatic hydroxyl groups is 1. The van der Waals surface area contributed by atoms with Crippen molar-refractivity contribution in [3.8, 4) is 0 Å². The number of rotatable bonds is 2. The van der Waals surface area contributed by atoms with E-state index in [1.807, 2.05) is 27.7 Å². The molecule has 2 heterocycles. The molecule has 5 heteroatoms. The first kappa shape index (κ1) is 12.6. The van der Waals surface area contributed by atoms with E-state index in [4.69, 9.17) is 14.2 Å². The van der Waals surface area contributed by atoms with Crippen molar-refractivity contribution in [3.05, 3.63) is 0 Å². The highest BCUT2D eigenvalue weighted by atomic mass is 32.2. The van der Waals surface area contributed by atoms with Gasteiger partial charge in [0, 0.05) is 0 Å². The summed E-state index contributed by atoms with van der Waals surface area (Å²) >= 11 is 1.61. The minimum absolute atomic E-state index is 0.0424. The minimum Gasteiger partial charge on any atom is -0.387 e. The highest BCUT2D eigenvalue weighted by Gasteiger charge is 2.53. The summed E-state index contributed by atoms with van der Waals surface area (Å²) in [5, 5.41) is 10.2. The second kappa shape index (κ2) is 4.46. The molecule has 2 saturated heterocycles. The topological polar surface area (TPSA) is 47.9 Å². The van der Waals surface area contributed by atoms with E-state index in [0.717, 1.165) is 5.75 Å². The predicted molar refractivity (Wildman–Crippen MR) is 62.3 cm³/mol. The van der Waals surface area contributed by atoms with Crippen molar-refractivity contribution >= 4 is 11.8 Å². The molecule has 0 aromatic carbocycles. The summed E-state index contributed by atoms with van der Waals surface area (Å²) in [6, 6.07) is 0. The highest BCUT2D eigenvalue weighted by Crippen LogP contribution is 2.39. The van der Waals surface area contributed by atoms with Gasteiger partial charge in [-0.05, 0) is 26.5 Å². The van der Waals surface area contributed by atoms with Crippen LogP contribution in [0.4, 0.5) is 0 Å². The molecule has 5 atom stereocenters. The lowest BCUT2D eigenvalue weighted by Crippen LogP contribution is -2.54. The Balaban J connectivity index is 2.11. The van der Waals surface area contributed by atoms with E-state index in [1.54, 1.807) is 11.8 Å². The fourth-order valence-corrected chi connectivity index (χ4v) is 3.21. The van der Waals surface area contributed by atoms with Crippen LogP contribution in [-0.4, -0.2) is 46.5 Å². The first-order chi connectivity index (χ1) is 7.44. The lowest BCUT2D eigenvalue weighted by atomic mass is 10.0. The van der Waals surface area contributed by atoms with Crippen molar-refractivity contribution < 1.29 is 19.3 Å². The van der Waals surface area contributed by atoms with Crippen LogP contribution in [0.1, 0.15) is 27.7 Å². The third kappa shape index (κ3) is 2.24. The molecule has 0 aromatic heterocycles. The van der Waals surface area contributed by atoms with Crippen molar-refractivity contribution in [2.24, 2.45) is 0 Å². The molecule has 0 aromatic rings. The van der Waals surface area contributed by atoms with E-state index in [2.05, 4.69) is 0 Å². The molecule has 0 radical (unpaired) electrons. The maximum Gasteiger partial charge on any atom is 0.164 e. The fraction of sp³-hybridized carbons (Fsp3) is 1.00. The number of fused-ring (bicyclic) bond motifs is 1. The van der Waals surface area contributed by atoms with Crippen LogP contribution in [0.15, 0.2) is 0 Å². The number of aliphatic hydroxyl groups excluding tert-OH is 1. The molecule has 0 bridgehead atoms. The molecule has 94 valence electrons. The second-order valence-electron chi connectivity index (χ2n) is 4.72. The first-order valence-electron chi connectivity index (χ1n) is 5.75. The van der Waals surface area contributed by atoms with Crippen LogP contribution < -0.4 is 0 Å². The van der Waals surface area contributed by atoms with Crippen LogP contribution in [0.3, 0.4) is 0 Å². The predicted octanol–water partition coefficient (Wildman–Crippen LogP) is 1.37. The largest absolute Gasteiger partial charge is 0.387 e. The average molecular weight is 248 g/mol. The van der Waals surface area contributed by atoms with Gasteiger partial charge in [-0.2, -0.15) is 0 Å². The summed E-state index contributed by atoms with van der Waals surface area (Å²) in [6.07, 6.45) is -1.10. The van der Waals surface area contributed by atoms with Gasteiger partial charge in [0.05, 0.1) is 6.10 Å². The standard InChI is InChI=1S/C11H20O4S/c1-5-16-10-7(12)9-8(6(2)13-10)14-11(3,4)15-9/h6-10,12H,5H2,1-4H3/t6?,7-,8+,9?,10+/m0/s1. The number of hydrogen-bond acceptors (Lipinski definition) is 5. The Morgan fingerprint density at radius 3 is 2.50 bits per heavy atom. The number of ether oxygens (including phenoxy) is 3. The highest BCUT2D eigenvalue weighted by molar-refractivity contribution is 7.99. The maximum atomic E-state index is 10.2. The zero-order valence-electron chi connectivity index (χ0n) is 10.2. The van der Waals surface area contributed by atoms with Crippen molar-refractivity contribution in [2.45, 2.75) is 63.3 Å². The Labute approximate surface area is 101 Å². The van der Waals surface area contributed by atoms with Gasteiger partial charge in [0.1, 0.15) is 23.7 Å². The maximum absolute atomic E-state index is 10.2. The van der Waals surface area contributed by atoms with Crippen LogP contribution in [-0.2, 0) is 14.2 Å². The summed E-state index contributed by atoms with van der Waals surface area (Å²) < 4.78 is 17.2. The smallest absolute Gasteiger partial charge is 0.164 e. The number of hydrogen-bond donors (Lipinski definition) is 1. The summed E-state index contributed by atoms with van der Waals surface area (Å²) in [5.41, 5.74) is -0.209. The van der Waals surface area contributed by atoms with Gasteiger partial charge < -0.3 is 19.3 Å². The van der Waals surface area contributed by atoms with Gasteiger partial charge in [-0.25, -0.2) is 0 Å². The first-order valence-corrected chi connectivity index (χ1v) is 6.80. The molecule has 4 nitrogen and oxygen atoms in total. The molecule has 2 rings (SSSR count). The Bertz CT molecular complexity index is 258. The van der Waals surface area contributed by atoms with Crippen molar-refractivity contribution in [1.29, 1.82) is 0 Å². The third-order valence-electron chi connectivity index (χ3n) is 2.92. The zero-order valence-corrected chi connectivity index (χ0v) is 11.0. The van der Waals surface area contributed by atoms with Crippen LogP contribution in [0, 0.1) is 0 Å². The lowest BCUT2D eigenvalue weighted by Gasteiger charge is -2.38. The van der Waals surface area contributed by atoms with Gasteiger partial charge in [0.15, 0.2) is 5.79 Å². The lowest BCUT2D eigenvalue weighted by molar-refractivity contribution is -0.153. The summed E-state index contributed by atoms with van der Waals surface area (Å²) in [5.74, 6) is 0.287. The van der Waals surface area contributed by atoms with E-state index in [0.29, 0.717) is 0 Å². The summed E-state index contributed by atoms with van der Waals surface area (Å²) in [6.45, 7) is 7.75. The molecule has 2 unspecified atom stereocenters. The third-order valence-corrected chi connectivity index (χ3v) is 3.97. The Hall–Kier alpha value is 0.190. The molecule has 1 N–H and O–H groups in total. The molecule has 2 fully saturated rings. The van der Waals surface area contributed by atoms with E-state index in [1.165, 1.54) is 0 Å². The Kier molecular flexibility index (Phi) is 3.52. The van der Waals surface area contributed by atoms with Crippen molar-refractivity contribution in [1.82, 2.24) is 0 Å². The van der Waals surface area contributed by atoms with Crippen molar-refractivity contribution in [3.63, 3.8) is 0 Å².